The number of thioether (sulfide) groups is 1. The van der Waals surface area contributed by atoms with Crippen molar-refractivity contribution < 1.29 is 0 Å². The van der Waals surface area contributed by atoms with Crippen LogP contribution in [-0.2, 0) is 0 Å². The zero-order valence-electron chi connectivity index (χ0n) is 12.2. The minimum absolute atomic E-state index is 0.783. The lowest BCUT2D eigenvalue weighted by Crippen LogP contribution is -2.36. The zero-order valence-corrected chi connectivity index (χ0v) is 13.0. The largest absolute Gasteiger partial charge is 0.358 e. The molecule has 2 heterocycles. The lowest BCUT2D eigenvalue weighted by Gasteiger charge is -2.32. The van der Waals surface area contributed by atoms with Gasteiger partial charge in [0.25, 0.3) is 0 Å². The summed E-state index contributed by atoms with van der Waals surface area (Å²) in [6.45, 7) is 5.66. The van der Waals surface area contributed by atoms with Gasteiger partial charge in [0.1, 0.15) is 10.8 Å². The summed E-state index contributed by atoms with van der Waals surface area (Å²) in [7, 11) is 4.33. The molecule has 0 bridgehead atoms. The number of likely N-dealkylation sites (tertiary alicyclic amines) is 1. The molecule has 4 nitrogen and oxygen atoms in total. The molecule has 0 atom stereocenters. The summed E-state index contributed by atoms with van der Waals surface area (Å²) in [6.07, 6.45) is 6.30. The van der Waals surface area contributed by atoms with Gasteiger partial charge in [0.15, 0.2) is 0 Å². The molecule has 1 aliphatic heterocycles. The van der Waals surface area contributed by atoms with Crippen molar-refractivity contribution >= 4 is 17.6 Å². The first-order valence-electron chi connectivity index (χ1n) is 7.03. The fourth-order valence-corrected chi connectivity index (χ4v) is 3.05. The Hall–Kier alpha value is -0.810. The molecule has 0 aromatic carbocycles. The number of piperidine rings is 1. The Morgan fingerprint density at radius 3 is 2.79 bits per heavy atom. The highest BCUT2D eigenvalue weighted by Crippen LogP contribution is 2.21. The van der Waals surface area contributed by atoms with Crippen LogP contribution in [0.1, 0.15) is 19.8 Å². The Bertz CT molecular complexity index is 391. The van der Waals surface area contributed by atoms with E-state index in [0.717, 1.165) is 29.1 Å². The Labute approximate surface area is 120 Å². The van der Waals surface area contributed by atoms with Crippen molar-refractivity contribution in [2.24, 2.45) is 5.92 Å². The van der Waals surface area contributed by atoms with Crippen molar-refractivity contribution in [2.45, 2.75) is 24.8 Å². The molecule has 0 spiro atoms. The van der Waals surface area contributed by atoms with Gasteiger partial charge < -0.3 is 9.80 Å². The average Bonchev–Trinajstić information content (AvgIpc) is 2.42. The second kappa shape index (κ2) is 7.10. The number of anilines is 1. The van der Waals surface area contributed by atoms with Crippen molar-refractivity contribution in [2.75, 3.05) is 44.4 Å². The minimum Gasteiger partial charge on any atom is -0.358 e. The fourth-order valence-electron chi connectivity index (χ4n) is 2.47. The first-order valence-corrected chi connectivity index (χ1v) is 8.02. The standard InChI is InChI=1S/C14H24N4S/c1-4-19-14-10-15-9-13(16-14)18(3)11-12-5-7-17(2)8-6-12/h9-10,12H,4-8,11H2,1-3H3. The maximum absolute atomic E-state index is 4.66. The van der Waals surface area contributed by atoms with Crippen LogP contribution in [0, 0.1) is 5.92 Å². The van der Waals surface area contributed by atoms with E-state index >= 15 is 0 Å². The van der Waals surface area contributed by atoms with Crippen LogP contribution >= 0.6 is 11.8 Å². The van der Waals surface area contributed by atoms with E-state index in [4.69, 9.17) is 0 Å². The third-order valence-electron chi connectivity index (χ3n) is 3.65. The summed E-state index contributed by atoms with van der Waals surface area (Å²) < 4.78 is 0. The summed E-state index contributed by atoms with van der Waals surface area (Å²) in [5, 5.41) is 1.02. The predicted octanol–water partition coefficient (Wildman–Crippen LogP) is 2.37. The van der Waals surface area contributed by atoms with Gasteiger partial charge in [-0.15, -0.1) is 11.8 Å². The summed E-state index contributed by atoms with van der Waals surface area (Å²) in [5.41, 5.74) is 0. The Morgan fingerprint density at radius 2 is 2.11 bits per heavy atom. The average molecular weight is 280 g/mol. The normalized spacial score (nSPS) is 17.6. The van der Waals surface area contributed by atoms with Crippen LogP contribution in [0.3, 0.4) is 0 Å². The molecule has 2 rings (SSSR count). The van der Waals surface area contributed by atoms with E-state index in [1.54, 1.807) is 11.8 Å². The molecule has 1 aromatic heterocycles. The van der Waals surface area contributed by atoms with E-state index < -0.39 is 0 Å². The first kappa shape index (κ1) is 14.6. The molecule has 0 radical (unpaired) electrons. The van der Waals surface area contributed by atoms with Crippen LogP contribution in [0.2, 0.25) is 0 Å². The molecule has 0 saturated carbocycles. The van der Waals surface area contributed by atoms with Gasteiger partial charge in [-0.1, -0.05) is 6.92 Å². The van der Waals surface area contributed by atoms with Crippen LogP contribution in [-0.4, -0.2) is 54.4 Å². The molecule has 0 amide bonds. The second-order valence-electron chi connectivity index (χ2n) is 5.28. The molecule has 0 aliphatic carbocycles. The molecule has 1 aliphatic rings. The third-order valence-corrected chi connectivity index (χ3v) is 4.43. The first-order chi connectivity index (χ1) is 9.19. The third kappa shape index (κ3) is 4.35. The van der Waals surface area contributed by atoms with Gasteiger partial charge in [0.05, 0.1) is 12.4 Å². The molecule has 19 heavy (non-hydrogen) atoms. The van der Waals surface area contributed by atoms with E-state index in [-0.39, 0.29) is 0 Å². The Morgan fingerprint density at radius 1 is 1.37 bits per heavy atom. The highest BCUT2D eigenvalue weighted by atomic mass is 32.2. The van der Waals surface area contributed by atoms with Gasteiger partial charge >= 0.3 is 0 Å². The van der Waals surface area contributed by atoms with Gasteiger partial charge in [-0.3, -0.25) is 4.98 Å². The maximum Gasteiger partial charge on any atom is 0.148 e. The van der Waals surface area contributed by atoms with Gasteiger partial charge in [-0.05, 0) is 44.6 Å². The minimum atomic E-state index is 0.783. The molecular formula is C14H24N4S. The summed E-state index contributed by atoms with van der Waals surface area (Å²) in [6, 6.07) is 0. The number of nitrogens with zero attached hydrogens (tertiary/aromatic N) is 4. The van der Waals surface area contributed by atoms with E-state index in [9.17, 15) is 0 Å². The van der Waals surface area contributed by atoms with Crippen LogP contribution in [0.25, 0.3) is 0 Å². The molecule has 1 fully saturated rings. The molecule has 1 saturated heterocycles. The lowest BCUT2D eigenvalue weighted by atomic mass is 9.97. The predicted molar refractivity (Wildman–Crippen MR) is 81.9 cm³/mol. The number of rotatable bonds is 5. The second-order valence-corrected chi connectivity index (χ2v) is 6.56. The van der Waals surface area contributed by atoms with Crippen molar-refractivity contribution in [3.8, 4) is 0 Å². The van der Waals surface area contributed by atoms with E-state index in [2.05, 4.69) is 40.8 Å². The summed E-state index contributed by atoms with van der Waals surface area (Å²) in [5.74, 6) is 2.82. The molecule has 106 valence electrons. The van der Waals surface area contributed by atoms with Crippen molar-refractivity contribution in [1.82, 2.24) is 14.9 Å². The van der Waals surface area contributed by atoms with E-state index in [0.29, 0.717) is 0 Å². The Kier molecular flexibility index (Phi) is 5.45. The molecule has 1 aromatic rings. The number of hydrogen-bond donors (Lipinski definition) is 0. The van der Waals surface area contributed by atoms with Crippen molar-refractivity contribution in [3.63, 3.8) is 0 Å². The summed E-state index contributed by atoms with van der Waals surface area (Å²) >= 11 is 1.75. The molecule has 0 N–H and O–H groups in total. The topological polar surface area (TPSA) is 32.3 Å². The van der Waals surface area contributed by atoms with Crippen LogP contribution in [0.15, 0.2) is 17.4 Å². The van der Waals surface area contributed by atoms with E-state index in [1.165, 1.54) is 25.9 Å². The zero-order chi connectivity index (χ0) is 13.7. The van der Waals surface area contributed by atoms with E-state index in [1.807, 2.05) is 12.4 Å². The van der Waals surface area contributed by atoms with Gasteiger partial charge in [0.2, 0.25) is 0 Å². The van der Waals surface area contributed by atoms with Crippen molar-refractivity contribution in [1.29, 1.82) is 0 Å². The van der Waals surface area contributed by atoms with Crippen LogP contribution in [0.5, 0.6) is 0 Å². The Balaban J connectivity index is 1.91. The lowest BCUT2D eigenvalue weighted by molar-refractivity contribution is 0.222. The summed E-state index contributed by atoms with van der Waals surface area (Å²) in [4.78, 5) is 13.6. The van der Waals surface area contributed by atoms with Gasteiger partial charge in [0, 0.05) is 13.6 Å². The quantitative estimate of drug-likeness (QED) is 0.773. The maximum atomic E-state index is 4.66. The highest BCUT2D eigenvalue weighted by molar-refractivity contribution is 7.99. The number of hydrogen-bond acceptors (Lipinski definition) is 5. The van der Waals surface area contributed by atoms with Gasteiger partial charge in [-0.25, -0.2) is 4.98 Å². The molecule has 5 heteroatoms. The highest BCUT2D eigenvalue weighted by Gasteiger charge is 2.18. The number of aromatic nitrogens is 2. The van der Waals surface area contributed by atoms with Crippen molar-refractivity contribution in [3.05, 3.63) is 12.4 Å². The van der Waals surface area contributed by atoms with Crippen LogP contribution < -0.4 is 4.90 Å². The smallest absolute Gasteiger partial charge is 0.148 e. The molecular weight excluding hydrogens is 256 g/mol. The van der Waals surface area contributed by atoms with Gasteiger partial charge in [-0.2, -0.15) is 0 Å². The fraction of sp³-hybridized carbons (Fsp3) is 0.714. The molecule has 0 unspecified atom stereocenters. The van der Waals surface area contributed by atoms with Crippen LogP contribution in [0.4, 0.5) is 5.82 Å². The SMILES string of the molecule is CCSc1cncc(N(C)CC2CCN(C)CC2)n1. The monoisotopic (exact) mass is 280 g/mol.